The van der Waals surface area contributed by atoms with E-state index < -0.39 is 27.5 Å². The van der Waals surface area contributed by atoms with E-state index in [0.29, 0.717) is 9.54 Å². The molecule has 0 amide bonds. The minimum atomic E-state index is -4.45. The van der Waals surface area contributed by atoms with Crippen molar-refractivity contribution < 1.29 is 21.6 Å². The molecule has 9 heteroatoms. The molecule has 2 aromatic carbocycles. The molecule has 0 unspecified atom stereocenters. The van der Waals surface area contributed by atoms with Gasteiger partial charge in [0, 0.05) is 12.4 Å². The van der Waals surface area contributed by atoms with Gasteiger partial charge in [0.25, 0.3) is 10.0 Å². The zero-order valence-corrected chi connectivity index (χ0v) is 15.9. The van der Waals surface area contributed by atoms with Crippen LogP contribution in [0.1, 0.15) is 22.3 Å². The normalized spacial score (nSPS) is 12.3. The number of alkyl halides is 3. The first-order chi connectivity index (χ1) is 13.0. The molecule has 0 aliphatic carbocycles. The molecule has 28 heavy (non-hydrogen) atoms. The van der Waals surface area contributed by atoms with Gasteiger partial charge in [-0.15, -0.1) is 0 Å². The van der Waals surface area contributed by atoms with Crippen LogP contribution < -0.4 is 5.69 Å². The maximum Gasteiger partial charge on any atom is 0.416 e. The van der Waals surface area contributed by atoms with E-state index in [1.807, 2.05) is 6.92 Å². The van der Waals surface area contributed by atoms with Crippen molar-refractivity contribution in [3.8, 4) is 0 Å². The lowest BCUT2D eigenvalue weighted by atomic mass is 10.1. The van der Waals surface area contributed by atoms with Crippen molar-refractivity contribution >= 4 is 10.0 Å². The second-order valence-corrected chi connectivity index (χ2v) is 8.27. The van der Waals surface area contributed by atoms with Crippen molar-refractivity contribution in [2.45, 2.75) is 31.5 Å². The van der Waals surface area contributed by atoms with Gasteiger partial charge in [-0.1, -0.05) is 18.2 Å². The highest BCUT2D eigenvalue weighted by Crippen LogP contribution is 2.29. The Morgan fingerprint density at radius 3 is 2.14 bits per heavy atom. The van der Waals surface area contributed by atoms with E-state index in [1.165, 1.54) is 30.5 Å². The number of hydrogen-bond acceptors (Lipinski definition) is 3. The van der Waals surface area contributed by atoms with Gasteiger partial charge in [-0.2, -0.15) is 17.1 Å². The minimum absolute atomic E-state index is 0.00928. The summed E-state index contributed by atoms with van der Waals surface area (Å²) < 4.78 is 65.2. The van der Waals surface area contributed by atoms with Crippen LogP contribution in [0.5, 0.6) is 0 Å². The van der Waals surface area contributed by atoms with E-state index in [9.17, 15) is 26.4 Å². The molecule has 0 bridgehead atoms. The Labute approximate surface area is 159 Å². The minimum Gasteiger partial charge on any atom is -0.294 e. The smallest absolute Gasteiger partial charge is 0.294 e. The van der Waals surface area contributed by atoms with Gasteiger partial charge in [-0.05, 0) is 54.8 Å². The molecule has 5 nitrogen and oxygen atoms in total. The Morgan fingerprint density at radius 1 is 0.929 bits per heavy atom. The molecule has 0 spiro atoms. The van der Waals surface area contributed by atoms with Crippen LogP contribution in [0.4, 0.5) is 13.2 Å². The molecule has 0 radical (unpaired) electrons. The molecule has 1 heterocycles. The third-order valence-corrected chi connectivity index (χ3v) is 6.13. The fourth-order valence-corrected chi connectivity index (χ4v) is 4.00. The summed E-state index contributed by atoms with van der Waals surface area (Å²) in [5.74, 6) is 0. The van der Waals surface area contributed by atoms with Gasteiger partial charge in [0.2, 0.25) is 0 Å². The Kier molecular flexibility index (Phi) is 4.97. The molecule has 3 rings (SSSR count). The Balaban J connectivity index is 1.91. The Hall–Kier alpha value is -2.81. The molecular formula is C19H17F3N2O3S. The fraction of sp³-hybridized carbons (Fsp3) is 0.211. The molecule has 0 N–H and O–H groups in total. The van der Waals surface area contributed by atoms with Crippen molar-refractivity contribution in [1.29, 1.82) is 0 Å². The lowest BCUT2D eigenvalue weighted by molar-refractivity contribution is -0.137. The van der Waals surface area contributed by atoms with Gasteiger partial charge in [-0.25, -0.2) is 13.2 Å². The number of aromatic nitrogens is 2. The topological polar surface area (TPSA) is 61.1 Å². The molecule has 0 atom stereocenters. The second-order valence-electron chi connectivity index (χ2n) is 6.45. The molecule has 0 aliphatic heterocycles. The van der Waals surface area contributed by atoms with Crippen molar-refractivity contribution in [2.24, 2.45) is 0 Å². The van der Waals surface area contributed by atoms with Crippen LogP contribution in [0.2, 0.25) is 0 Å². The summed E-state index contributed by atoms with van der Waals surface area (Å²) in [6.45, 7) is 3.57. The van der Waals surface area contributed by atoms with Crippen LogP contribution >= 0.6 is 0 Å². The first kappa shape index (κ1) is 19.9. The molecule has 0 saturated carbocycles. The molecule has 3 aromatic rings. The standard InChI is InChI=1S/C19H17F3N2O3S/c1-13-3-8-17(11-14(13)2)28(26,27)24-10-9-23(18(24)25)12-15-4-6-16(7-5-15)19(20,21)22/h3-11H,12H2,1-2H3. The summed E-state index contributed by atoms with van der Waals surface area (Å²) >= 11 is 0. The van der Waals surface area contributed by atoms with E-state index >= 15 is 0 Å². The van der Waals surface area contributed by atoms with Gasteiger partial charge in [0.15, 0.2) is 0 Å². The predicted molar refractivity (Wildman–Crippen MR) is 97.7 cm³/mol. The number of imidazole rings is 1. The van der Waals surface area contributed by atoms with E-state index in [-0.39, 0.29) is 11.4 Å². The molecule has 148 valence electrons. The summed E-state index contributed by atoms with van der Waals surface area (Å²) in [6, 6.07) is 8.93. The average molecular weight is 410 g/mol. The third kappa shape index (κ3) is 3.75. The van der Waals surface area contributed by atoms with Crippen molar-refractivity contribution in [1.82, 2.24) is 8.54 Å². The highest BCUT2D eigenvalue weighted by Gasteiger charge is 2.30. The van der Waals surface area contributed by atoms with E-state index in [4.69, 9.17) is 0 Å². The number of halogens is 3. The van der Waals surface area contributed by atoms with Gasteiger partial charge in [0.1, 0.15) is 0 Å². The van der Waals surface area contributed by atoms with Crippen LogP contribution in [-0.2, 0) is 22.7 Å². The lowest BCUT2D eigenvalue weighted by Gasteiger charge is -2.08. The Morgan fingerprint density at radius 2 is 1.57 bits per heavy atom. The Bertz CT molecular complexity index is 1170. The fourth-order valence-electron chi connectivity index (χ4n) is 2.68. The van der Waals surface area contributed by atoms with Crippen molar-refractivity contribution in [3.05, 3.63) is 87.6 Å². The monoisotopic (exact) mass is 410 g/mol. The molecule has 0 aliphatic rings. The number of nitrogens with zero attached hydrogens (tertiary/aromatic N) is 2. The average Bonchev–Trinajstić information content (AvgIpc) is 2.98. The molecular weight excluding hydrogens is 393 g/mol. The summed E-state index contributed by atoms with van der Waals surface area (Å²) in [5, 5.41) is 0. The number of aryl methyl sites for hydroxylation is 2. The highest BCUT2D eigenvalue weighted by molar-refractivity contribution is 7.90. The zero-order chi connectivity index (χ0) is 20.7. The van der Waals surface area contributed by atoms with Crippen LogP contribution in [0.25, 0.3) is 0 Å². The quantitative estimate of drug-likeness (QED) is 0.661. The second kappa shape index (κ2) is 6.97. The van der Waals surface area contributed by atoms with Gasteiger partial charge in [-0.3, -0.25) is 4.57 Å². The number of rotatable bonds is 4. The first-order valence-corrected chi connectivity index (χ1v) is 9.71. The summed E-state index contributed by atoms with van der Waals surface area (Å²) in [7, 11) is -4.07. The van der Waals surface area contributed by atoms with Gasteiger partial charge in [0.05, 0.1) is 17.0 Å². The third-order valence-electron chi connectivity index (χ3n) is 4.49. The SMILES string of the molecule is Cc1ccc(S(=O)(=O)n2ccn(Cc3ccc(C(F)(F)F)cc3)c2=O)cc1C. The van der Waals surface area contributed by atoms with Crippen LogP contribution in [0.3, 0.4) is 0 Å². The lowest BCUT2D eigenvalue weighted by Crippen LogP contribution is -2.29. The summed E-state index contributed by atoms with van der Waals surface area (Å²) in [6.07, 6.45) is -2.02. The predicted octanol–water partition coefficient (Wildman–Crippen LogP) is 3.57. The first-order valence-electron chi connectivity index (χ1n) is 8.27. The van der Waals surface area contributed by atoms with Crippen LogP contribution in [0.15, 0.2) is 64.5 Å². The highest BCUT2D eigenvalue weighted by atomic mass is 32.2. The van der Waals surface area contributed by atoms with Crippen LogP contribution in [0, 0.1) is 13.8 Å². The van der Waals surface area contributed by atoms with Gasteiger partial charge < -0.3 is 0 Å². The number of hydrogen-bond donors (Lipinski definition) is 0. The van der Waals surface area contributed by atoms with Crippen molar-refractivity contribution in [3.63, 3.8) is 0 Å². The van der Waals surface area contributed by atoms with Gasteiger partial charge >= 0.3 is 11.9 Å². The summed E-state index contributed by atoms with van der Waals surface area (Å²) in [4.78, 5) is 12.5. The van der Waals surface area contributed by atoms with E-state index in [1.54, 1.807) is 13.0 Å². The van der Waals surface area contributed by atoms with Crippen molar-refractivity contribution in [2.75, 3.05) is 0 Å². The largest absolute Gasteiger partial charge is 0.416 e. The maximum absolute atomic E-state index is 12.8. The van der Waals surface area contributed by atoms with Crippen LogP contribution in [-0.4, -0.2) is 17.0 Å². The molecule has 0 saturated heterocycles. The number of benzene rings is 2. The zero-order valence-electron chi connectivity index (χ0n) is 15.1. The molecule has 0 fully saturated rings. The maximum atomic E-state index is 12.8. The van der Waals surface area contributed by atoms with E-state index in [2.05, 4.69) is 0 Å². The molecule has 1 aromatic heterocycles. The summed E-state index contributed by atoms with van der Waals surface area (Å²) in [5.41, 5.74) is 0.553. The van der Waals surface area contributed by atoms with E-state index in [0.717, 1.165) is 34.0 Å².